The summed E-state index contributed by atoms with van der Waals surface area (Å²) >= 11 is 0. The second-order valence-corrected chi connectivity index (χ2v) is 3.97. The lowest BCUT2D eigenvalue weighted by atomic mass is 10.2. The van der Waals surface area contributed by atoms with E-state index in [1.165, 1.54) is 7.11 Å². The van der Waals surface area contributed by atoms with Crippen molar-refractivity contribution in [1.29, 1.82) is 0 Å². The predicted octanol–water partition coefficient (Wildman–Crippen LogP) is 1.31. The lowest BCUT2D eigenvalue weighted by molar-refractivity contribution is 0.0594. The lowest BCUT2D eigenvalue weighted by Crippen LogP contribution is -2.07. The molecule has 2 rings (SSSR count). The fraction of sp³-hybridized carbons (Fsp3) is 0.231. The Morgan fingerprint density at radius 1 is 1.42 bits per heavy atom. The van der Waals surface area contributed by atoms with Crippen LogP contribution in [0, 0.1) is 0 Å². The van der Waals surface area contributed by atoms with Crippen LogP contribution in [0.15, 0.2) is 30.5 Å². The third kappa shape index (κ3) is 2.85. The van der Waals surface area contributed by atoms with E-state index in [-0.39, 0.29) is 5.69 Å². The van der Waals surface area contributed by atoms with Gasteiger partial charge in [0.2, 0.25) is 0 Å². The summed E-state index contributed by atoms with van der Waals surface area (Å²) in [7, 11) is 2.91. The minimum Gasteiger partial charge on any atom is -0.497 e. The first-order chi connectivity index (χ1) is 9.13. The SMILES string of the molecule is COC(=O)c1nn(Cc2cccc(OC)c2)cc1N. The van der Waals surface area contributed by atoms with Crippen molar-refractivity contribution in [1.82, 2.24) is 9.78 Å². The van der Waals surface area contributed by atoms with Gasteiger partial charge in [-0.25, -0.2) is 4.79 Å². The first kappa shape index (κ1) is 12.9. The number of ether oxygens (including phenoxy) is 2. The van der Waals surface area contributed by atoms with Crippen LogP contribution in [-0.4, -0.2) is 30.0 Å². The Hall–Kier alpha value is -2.50. The van der Waals surface area contributed by atoms with Crippen LogP contribution in [0.5, 0.6) is 5.75 Å². The zero-order chi connectivity index (χ0) is 13.8. The average Bonchev–Trinajstić information content (AvgIpc) is 2.79. The minimum atomic E-state index is -0.540. The first-order valence-corrected chi connectivity index (χ1v) is 5.68. The van der Waals surface area contributed by atoms with Crippen molar-refractivity contribution in [3.8, 4) is 5.75 Å². The van der Waals surface area contributed by atoms with Crippen molar-refractivity contribution in [3.05, 3.63) is 41.7 Å². The highest BCUT2D eigenvalue weighted by Crippen LogP contribution is 2.15. The number of nitrogens with zero attached hydrogens (tertiary/aromatic N) is 2. The van der Waals surface area contributed by atoms with E-state index >= 15 is 0 Å². The number of nitrogen functional groups attached to an aromatic ring is 1. The van der Waals surface area contributed by atoms with Crippen LogP contribution in [0.3, 0.4) is 0 Å². The quantitative estimate of drug-likeness (QED) is 0.839. The molecule has 0 fully saturated rings. The van der Waals surface area contributed by atoms with E-state index in [9.17, 15) is 4.79 Å². The topological polar surface area (TPSA) is 79.4 Å². The third-order valence-electron chi connectivity index (χ3n) is 2.65. The monoisotopic (exact) mass is 261 g/mol. The van der Waals surface area contributed by atoms with Crippen LogP contribution in [0.2, 0.25) is 0 Å². The molecule has 6 nitrogen and oxygen atoms in total. The number of benzene rings is 1. The second-order valence-electron chi connectivity index (χ2n) is 3.97. The van der Waals surface area contributed by atoms with Crippen molar-refractivity contribution in [3.63, 3.8) is 0 Å². The van der Waals surface area contributed by atoms with Crippen molar-refractivity contribution < 1.29 is 14.3 Å². The van der Waals surface area contributed by atoms with Crippen LogP contribution in [0.4, 0.5) is 5.69 Å². The number of carbonyl (C=O) groups excluding carboxylic acids is 1. The molecule has 0 saturated heterocycles. The molecule has 2 N–H and O–H groups in total. The summed E-state index contributed by atoms with van der Waals surface area (Å²) in [5.74, 6) is 0.229. The molecule has 1 aromatic carbocycles. The Labute approximate surface area is 110 Å². The molecule has 6 heteroatoms. The maximum absolute atomic E-state index is 11.4. The Balaban J connectivity index is 2.21. The van der Waals surface area contributed by atoms with Gasteiger partial charge in [-0.05, 0) is 17.7 Å². The molecule has 1 aromatic heterocycles. The highest BCUT2D eigenvalue weighted by atomic mass is 16.5. The highest BCUT2D eigenvalue weighted by Gasteiger charge is 2.15. The Morgan fingerprint density at radius 3 is 2.89 bits per heavy atom. The van der Waals surface area contributed by atoms with E-state index in [0.717, 1.165) is 11.3 Å². The van der Waals surface area contributed by atoms with Crippen LogP contribution < -0.4 is 10.5 Å². The molecule has 0 spiro atoms. The fourth-order valence-corrected chi connectivity index (χ4v) is 1.73. The van der Waals surface area contributed by atoms with Gasteiger partial charge in [0, 0.05) is 6.20 Å². The van der Waals surface area contributed by atoms with Gasteiger partial charge in [0.1, 0.15) is 5.75 Å². The Kier molecular flexibility index (Phi) is 3.70. The average molecular weight is 261 g/mol. The number of rotatable bonds is 4. The normalized spacial score (nSPS) is 10.2. The van der Waals surface area contributed by atoms with Gasteiger partial charge in [0.05, 0.1) is 26.5 Å². The summed E-state index contributed by atoms with van der Waals surface area (Å²) in [6, 6.07) is 7.59. The van der Waals surface area contributed by atoms with Gasteiger partial charge < -0.3 is 15.2 Å². The maximum atomic E-state index is 11.4. The zero-order valence-electron chi connectivity index (χ0n) is 10.8. The molecule has 0 aliphatic heterocycles. The summed E-state index contributed by atoms with van der Waals surface area (Å²) < 4.78 is 11.3. The first-order valence-electron chi connectivity index (χ1n) is 5.68. The van der Waals surface area contributed by atoms with E-state index in [1.54, 1.807) is 18.0 Å². The van der Waals surface area contributed by atoms with Gasteiger partial charge in [-0.15, -0.1) is 0 Å². The maximum Gasteiger partial charge on any atom is 0.360 e. The van der Waals surface area contributed by atoms with E-state index < -0.39 is 5.97 Å². The molecule has 0 saturated carbocycles. The second kappa shape index (κ2) is 5.43. The minimum absolute atomic E-state index is 0.130. The van der Waals surface area contributed by atoms with Gasteiger partial charge in [0.25, 0.3) is 0 Å². The van der Waals surface area contributed by atoms with E-state index in [2.05, 4.69) is 9.84 Å². The fourth-order valence-electron chi connectivity index (χ4n) is 1.73. The van der Waals surface area contributed by atoms with Crippen molar-refractivity contribution in [2.75, 3.05) is 20.0 Å². The van der Waals surface area contributed by atoms with E-state index in [4.69, 9.17) is 10.5 Å². The molecule has 1 heterocycles. The molecule has 100 valence electrons. The molecular weight excluding hydrogens is 246 g/mol. The standard InChI is InChI=1S/C13H15N3O3/c1-18-10-5-3-4-9(6-10)7-16-8-11(14)12(15-16)13(17)19-2/h3-6,8H,7,14H2,1-2H3. The molecule has 2 aromatic rings. The van der Waals surface area contributed by atoms with E-state index in [1.807, 2.05) is 24.3 Å². The number of methoxy groups -OCH3 is 2. The zero-order valence-corrected chi connectivity index (χ0v) is 10.8. The molecule has 0 bridgehead atoms. The molecule has 19 heavy (non-hydrogen) atoms. The molecule has 0 aliphatic carbocycles. The van der Waals surface area contributed by atoms with Gasteiger partial charge in [0.15, 0.2) is 5.69 Å². The van der Waals surface area contributed by atoms with Crippen molar-refractivity contribution in [2.45, 2.75) is 6.54 Å². The lowest BCUT2D eigenvalue weighted by Gasteiger charge is -2.04. The van der Waals surface area contributed by atoms with Crippen LogP contribution in [0.1, 0.15) is 16.1 Å². The van der Waals surface area contributed by atoms with Gasteiger partial charge in [-0.1, -0.05) is 12.1 Å². The summed E-state index contributed by atoms with van der Waals surface area (Å²) in [5.41, 5.74) is 7.15. The number of nitrogens with two attached hydrogens (primary N) is 1. The van der Waals surface area contributed by atoms with Crippen molar-refractivity contribution >= 4 is 11.7 Å². The summed E-state index contributed by atoms with van der Waals surface area (Å²) in [6.07, 6.45) is 1.60. The molecule has 0 atom stereocenters. The number of esters is 1. The Bertz CT molecular complexity index is 593. The summed E-state index contributed by atoms with van der Waals surface area (Å²) in [4.78, 5) is 11.4. The number of carbonyl (C=O) groups is 1. The molecule has 0 unspecified atom stereocenters. The van der Waals surface area contributed by atoms with Crippen LogP contribution in [-0.2, 0) is 11.3 Å². The smallest absolute Gasteiger partial charge is 0.360 e. The number of hydrogen-bond donors (Lipinski definition) is 1. The van der Waals surface area contributed by atoms with Crippen LogP contribution >= 0.6 is 0 Å². The van der Waals surface area contributed by atoms with Crippen LogP contribution in [0.25, 0.3) is 0 Å². The number of hydrogen-bond acceptors (Lipinski definition) is 5. The third-order valence-corrected chi connectivity index (χ3v) is 2.65. The molecular formula is C13H15N3O3. The molecule has 0 amide bonds. The highest BCUT2D eigenvalue weighted by molar-refractivity contribution is 5.92. The predicted molar refractivity (Wildman–Crippen MR) is 70.1 cm³/mol. The summed E-state index contributed by atoms with van der Waals surface area (Å²) in [5, 5.41) is 4.11. The summed E-state index contributed by atoms with van der Waals surface area (Å²) in [6.45, 7) is 0.498. The van der Waals surface area contributed by atoms with Gasteiger partial charge in [-0.3, -0.25) is 4.68 Å². The number of aromatic nitrogens is 2. The molecule has 0 radical (unpaired) electrons. The number of anilines is 1. The van der Waals surface area contributed by atoms with Gasteiger partial charge in [-0.2, -0.15) is 5.10 Å². The van der Waals surface area contributed by atoms with Crippen molar-refractivity contribution in [2.24, 2.45) is 0 Å². The van der Waals surface area contributed by atoms with E-state index in [0.29, 0.717) is 12.2 Å². The largest absolute Gasteiger partial charge is 0.497 e. The molecule has 0 aliphatic rings. The Morgan fingerprint density at radius 2 is 2.21 bits per heavy atom. The van der Waals surface area contributed by atoms with Gasteiger partial charge >= 0.3 is 5.97 Å².